The molecule has 1 nitrogen and oxygen atoms in total. The zero-order chi connectivity index (χ0) is 12.8. The van der Waals surface area contributed by atoms with Gasteiger partial charge in [-0.25, -0.2) is 0 Å². The Labute approximate surface area is 107 Å². The Kier molecular flexibility index (Phi) is 5.97. The lowest BCUT2D eigenvalue weighted by molar-refractivity contribution is 0.171. The van der Waals surface area contributed by atoms with E-state index in [-0.39, 0.29) is 0 Å². The van der Waals surface area contributed by atoms with Gasteiger partial charge >= 0.3 is 0 Å². The summed E-state index contributed by atoms with van der Waals surface area (Å²) in [4.78, 5) is 0. The van der Waals surface area contributed by atoms with E-state index in [0.717, 1.165) is 31.5 Å². The number of rotatable bonds is 5. The van der Waals surface area contributed by atoms with Crippen molar-refractivity contribution in [1.82, 2.24) is 0 Å². The second kappa shape index (κ2) is 7.00. The highest BCUT2D eigenvalue weighted by Crippen LogP contribution is 2.36. The average molecular weight is 236 g/mol. The van der Waals surface area contributed by atoms with Crippen LogP contribution >= 0.6 is 0 Å². The highest BCUT2D eigenvalue weighted by molar-refractivity contribution is 5.37. The highest BCUT2D eigenvalue weighted by atomic mass is 16.5. The topological polar surface area (TPSA) is 9.23 Å². The van der Waals surface area contributed by atoms with E-state index in [2.05, 4.69) is 40.7 Å². The van der Waals surface area contributed by atoms with Crippen LogP contribution in [-0.4, -0.2) is 13.2 Å². The van der Waals surface area contributed by atoms with Crippen LogP contribution in [0.3, 0.4) is 0 Å². The molecule has 1 aliphatic carbocycles. The minimum atomic E-state index is 0.732. The van der Waals surface area contributed by atoms with Gasteiger partial charge < -0.3 is 4.74 Å². The van der Waals surface area contributed by atoms with Gasteiger partial charge in [-0.1, -0.05) is 32.4 Å². The first-order chi connectivity index (χ1) is 8.10. The Morgan fingerprint density at radius 1 is 1.35 bits per heavy atom. The molecule has 0 bridgehead atoms. The first-order valence-electron chi connectivity index (χ1n) is 7.06. The molecule has 0 radical (unpaired) electrons. The number of allylic oxidation sites excluding steroid dienone is 2. The molecule has 1 aliphatic rings. The molecule has 0 saturated heterocycles. The summed E-state index contributed by atoms with van der Waals surface area (Å²) in [6.07, 6.45) is 6.01. The van der Waals surface area contributed by atoms with Crippen LogP contribution in [0.5, 0.6) is 0 Å². The van der Waals surface area contributed by atoms with Gasteiger partial charge in [0.1, 0.15) is 0 Å². The molecule has 0 aromatic heterocycles. The first-order valence-corrected chi connectivity index (χ1v) is 7.06. The van der Waals surface area contributed by atoms with Crippen molar-refractivity contribution in [3.05, 3.63) is 22.8 Å². The standard InChI is InChI=1S/C16H28O/c1-6-8-15(11-17-7-2)16-10-12(3)9-13(4)14(16)5/h8,12-13H,6-7,9-11H2,1-5H3. The van der Waals surface area contributed by atoms with Crippen LogP contribution in [0.1, 0.15) is 53.9 Å². The lowest BCUT2D eigenvalue weighted by Crippen LogP contribution is -2.17. The van der Waals surface area contributed by atoms with Crippen molar-refractivity contribution in [2.45, 2.75) is 53.9 Å². The van der Waals surface area contributed by atoms with E-state index in [4.69, 9.17) is 4.74 Å². The molecule has 17 heavy (non-hydrogen) atoms. The number of hydrogen-bond donors (Lipinski definition) is 0. The maximum Gasteiger partial charge on any atom is 0.0716 e. The maximum absolute atomic E-state index is 5.62. The van der Waals surface area contributed by atoms with Gasteiger partial charge in [0.05, 0.1) is 6.61 Å². The minimum absolute atomic E-state index is 0.732. The van der Waals surface area contributed by atoms with E-state index in [1.807, 2.05) is 0 Å². The summed E-state index contributed by atoms with van der Waals surface area (Å²) in [5.74, 6) is 1.54. The maximum atomic E-state index is 5.62. The third-order valence-electron chi connectivity index (χ3n) is 3.82. The minimum Gasteiger partial charge on any atom is -0.377 e. The Hall–Kier alpha value is -0.560. The third kappa shape index (κ3) is 3.99. The molecule has 0 aromatic carbocycles. The fourth-order valence-corrected chi connectivity index (χ4v) is 2.78. The van der Waals surface area contributed by atoms with Crippen molar-refractivity contribution in [3.63, 3.8) is 0 Å². The molecule has 1 rings (SSSR count). The van der Waals surface area contributed by atoms with Crippen molar-refractivity contribution in [2.75, 3.05) is 13.2 Å². The van der Waals surface area contributed by atoms with Gasteiger partial charge in [0, 0.05) is 6.61 Å². The smallest absolute Gasteiger partial charge is 0.0716 e. The second-order valence-corrected chi connectivity index (χ2v) is 5.38. The Morgan fingerprint density at radius 3 is 2.65 bits per heavy atom. The summed E-state index contributed by atoms with van der Waals surface area (Å²) >= 11 is 0. The molecule has 0 saturated carbocycles. The molecule has 2 unspecified atom stereocenters. The van der Waals surface area contributed by atoms with E-state index in [0.29, 0.717) is 0 Å². The lowest BCUT2D eigenvalue weighted by Gasteiger charge is -2.30. The fraction of sp³-hybridized carbons (Fsp3) is 0.750. The van der Waals surface area contributed by atoms with Gasteiger partial charge in [-0.15, -0.1) is 0 Å². The number of hydrogen-bond acceptors (Lipinski definition) is 1. The molecule has 2 atom stereocenters. The van der Waals surface area contributed by atoms with E-state index < -0.39 is 0 Å². The van der Waals surface area contributed by atoms with Gasteiger partial charge in [0.15, 0.2) is 0 Å². The van der Waals surface area contributed by atoms with E-state index in [1.54, 1.807) is 11.1 Å². The third-order valence-corrected chi connectivity index (χ3v) is 3.82. The molecule has 0 N–H and O–H groups in total. The van der Waals surface area contributed by atoms with Gasteiger partial charge in [-0.3, -0.25) is 0 Å². The first kappa shape index (κ1) is 14.5. The molecule has 0 aromatic rings. The monoisotopic (exact) mass is 236 g/mol. The molecule has 98 valence electrons. The lowest BCUT2D eigenvalue weighted by atomic mass is 9.76. The molecular weight excluding hydrogens is 208 g/mol. The Bertz CT molecular complexity index is 299. The summed E-state index contributed by atoms with van der Waals surface area (Å²) in [7, 11) is 0. The van der Waals surface area contributed by atoms with Crippen molar-refractivity contribution in [3.8, 4) is 0 Å². The van der Waals surface area contributed by atoms with E-state index in [1.165, 1.54) is 18.4 Å². The van der Waals surface area contributed by atoms with Gasteiger partial charge in [0.2, 0.25) is 0 Å². The molecular formula is C16H28O. The molecule has 0 heterocycles. The largest absolute Gasteiger partial charge is 0.377 e. The molecule has 1 heteroatoms. The van der Waals surface area contributed by atoms with Crippen molar-refractivity contribution in [1.29, 1.82) is 0 Å². The van der Waals surface area contributed by atoms with Crippen LogP contribution in [0.15, 0.2) is 22.8 Å². The van der Waals surface area contributed by atoms with Crippen molar-refractivity contribution < 1.29 is 4.74 Å². The van der Waals surface area contributed by atoms with Gasteiger partial charge in [-0.2, -0.15) is 0 Å². The molecule has 0 amide bonds. The summed E-state index contributed by atoms with van der Waals surface area (Å²) in [5, 5.41) is 0. The predicted molar refractivity (Wildman–Crippen MR) is 75.1 cm³/mol. The highest BCUT2D eigenvalue weighted by Gasteiger charge is 2.23. The molecule has 0 spiro atoms. The summed E-state index contributed by atoms with van der Waals surface area (Å²) < 4.78 is 5.62. The van der Waals surface area contributed by atoms with Crippen LogP contribution in [0, 0.1) is 11.8 Å². The Morgan fingerprint density at radius 2 is 2.06 bits per heavy atom. The summed E-state index contributed by atoms with van der Waals surface area (Å²) in [5.41, 5.74) is 4.60. The molecule has 0 aliphatic heterocycles. The normalized spacial score (nSPS) is 26.5. The van der Waals surface area contributed by atoms with Crippen LogP contribution in [0.2, 0.25) is 0 Å². The second-order valence-electron chi connectivity index (χ2n) is 5.38. The van der Waals surface area contributed by atoms with Crippen molar-refractivity contribution >= 4 is 0 Å². The van der Waals surface area contributed by atoms with Gasteiger partial charge in [0.25, 0.3) is 0 Å². The van der Waals surface area contributed by atoms with Crippen LogP contribution in [0.4, 0.5) is 0 Å². The predicted octanol–water partition coefficient (Wildman–Crippen LogP) is 4.74. The Balaban J connectivity index is 2.91. The average Bonchev–Trinajstić information content (AvgIpc) is 2.29. The van der Waals surface area contributed by atoms with E-state index >= 15 is 0 Å². The molecule has 0 fully saturated rings. The SMILES string of the molecule is CCC=C(COCC)C1=C(C)C(C)CC(C)C1. The summed E-state index contributed by atoms with van der Waals surface area (Å²) in [6, 6.07) is 0. The number of ether oxygens (including phenoxy) is 1. The van der Waals surface area contributed by atoms with Crippen molar-refractivity contribution in [2.24, 2.45) is 11.8 Å². The zero-order valence-electron chi connectivity index (χ0n) is 12.2. The van der Waals surface area contributed by atoms with Gasteiger partial charge in [-0.05, 0) is 56.1 Å². The van der Waals surface area contributed by atoms with E-state index in [9.17, 15) is 0 Å². The fourth-order valence-electron chi connectivity index (χ4n) is 2.78. The van der Waals surface area contributed by atoms with Crippen LogP contribution < -0.4 is 0 Å². The zero-order valence-corrected chi connectivity index (χ0v) is 12.2. The summed E-state index contributed by atoms with van der Waals surface area (Å²) in [6.45, 7) is 12.9. The quantitative estimate of drug-likeness (QED) is 0.670. The van der Waals surface area contributed by atoms with Crippen LogP contribution in [-0.2, 0) is 4.74 Å². The van der Waals surface area contributed by atoms with Crippen LogP contribution in [0.25, 0.3) is 0 Å².